The van der Waals surface area contributed by atoms with Gasteiger partial charge in [0.05, 0.1) is 12.9 Å². The van der Waals surface area contributed by atoms with Crippen LogP contribution < -0.4 is 5.32 Å². The molecular formula is C8H10ClN3. The maximum Gasteiger partial charge on any atom is 0.129 e. The molecule has 0 unspecified atom stereocenters. The van der Waals surface area contributed by atoms with Crippen LogP contribution in [0.4, 0.5) is 0 Å². The zero-order valence-corrected chi connectivity index (χ0v) is 7.33. The summed E-state index contributed by atoms with van der Waals surface area (Å²) in [6.07, 6.45) is 3.39. The highest BCUT2D eigenvalue weighted by atomic mass is 35.5. The maximum atomic E-state index is 5.43. The molecule has 0 bridgehead atoms. The van der Waals surface area contributed by atoms with Gasteiger partial charge in [0.25, 0.3) is 0 Å². The molecule has 1 aromatic rings. The SMILES string of the molecule is C1=NCCN1.Clc1ccccn1. The fourth-order valence-corrected chi connectivity index (χ4v) is 0.794. The van der Waals surface area contributed by atoms with Crippen LogP contribution in [0, 0.1) is 0 Å². The van der Waals surface area contributed by atoms with Crippen LogP contribution in [0.15, 0.2) is 29.4 Å². The van der Waals surface area contributed by atoms with Gasteiger partial charge in [0.1, 0.15) is 5.15 Å². The molecule has 64 valence electrons. The van der Waals surface area contributed by atoms with Gasteiger partial charge < -0.3 is 5.32 Å². The first kappa shape index (κ1) is 9.00. The Labute approximate surface area is 76.5 Å². The Bertz CT molecular complexity index is 229. The summed E-state index contributed by atoms with van der Waals surface area (Å²) in [5.74, 6) is 0. The Balaban J connectivity index is 0.000000127. The van der Waals surface area contributed by atoms with Gasteiger partial charge in [-0.05, 0) is 12.1 Å². The predicted molar refractivity (Wildman–Crippen MR) is 50.6 cm³/mol. The van der Waals surface area contributed by atoms with Crippen LogP contribution >= 0.6 is 11.6 Å². The average Bonchev–Trinajstić information content (AvgIpc) is 2.62. The van der Waals surface area contributed by atoms with Crippen molar-refractivity contribution < 1.29 is 0 Å². The zero-order valence-electron chi connectivity index (χ0n) is 6.57. The van der Waals surface area contributed by atoms with Gasteiger partial charge in [0.2, 0.25) is 0 Å². The average molecular weight is 184 g/mol. The van der Waals surface area contributed by atoms with Crippen LogP contribution in [0.2, 0.25) is 5.15 Å². The molecule has 1 N–H and O–H groups in total. The van der Waals surface area contributed by atoms with E-state index in [4.69, 9.17) is 11.6 Å². The van der Waals surface area contributed by atoms with Crippen molar-refractivity contribution in [2.75, 3.05) is 13.1 Å². The molecule has 0 radical (unpaired) electrons. The molecule has 0 aliphatic carbocycles. The number of halogens is 1. The quantitative estimate of drug-likeness (QED) is 0.617. The van der Waals surface area contributed by atoms with Gasteiger partial charge in [-0.25, -0.2) is 4.98 Å². The lowest BCUT2D eigenvalue weighted by molar-refractivity contribution is 0.965. The van der Waals surface area contributed by atoms with Crippen molar-refractivity contribution in [2.24, 2.45) is 4.99 Å². The second kappa shape index (κ2) is 5.55. The van der Waals surface area contributed by atoms with Crippen molar-refractivity contribution in [1.29, 1.82) is 0 Å². The second-order valence-corrected chi connectivity index (χ2v) is 2.53. The summed E-state index contributed by atoms with van der Waals surface area (Å²) in [5, 5.41) is 3.47. The van der Waals surface area contributed by atoms with E-state index in [2.05, 4.69) is 15.3 Å². The summed E-state index contributed by atoms with van der Waals surface area (Å²) in [4.78, 5) is 7.59. The topological polar surface area (TPSA) is 37.3 Å². The molecule has 0 amide bonds. The minimum atomic E-state index is 0.544. The lowest BCUT2D eigenvalue weighted by Crippen LogP contribution is -2.04. The number of aromatic nitrogens is 1. The number of hydrogen-bond acceptors (Lipinski definition) is 3. The molecule has 0 spiro atoms. The molecule has 12 heavy (non-hydrogen) atoms. The number of nitrogens with zero attached hydrogens (tertiary/aromatic N) is 2. The van der Waals surface area contributed by atoms with Crippen LogP contribution in [0.1, 0.15) is 0 Å². The van der Waals surface area contributed by atoms with Crippen LogP contribution in [-0.2, 0) is 0 Å². The molecule has 0 saturated carbocycles. The first-order valence-electron chi connectivity index (χ1n) is 3.68. The van der Waals surface area contributed by atoms with E-state index in [9.17, 15) is 0 Å². The molecule has 0 fully saturated rings. The Kier molecular flexibility index (Phi) is 4.16. The Hall–Kier alpha value is -1.09. The van der Waals surface area contributed by atoms with Gasteiger partial charge >= 0.3 is 0 Å². The monoisotopic (exact) mass is 183 g/mol. The molecular weight excluding hydrogens is 174 g/mol. The van der Waals surface area contributed by atoms with Crippen LogP contribution in [0.3, 0.4) is 0 Å². The van der Waals surface area contributed by atoms with E-state index in [0.717, 1.165) is 13.1 Å². The highest BCUT2D eigenvalue weighted by Gasteiger charge is 1.82. The highest BCUT2D eigenvalue weighted by molar-refractivity contribution is 6.29. The van der Waals surface area contributed by atoms with Gasteiger partial charge in [0.15, 0.2) is 0 Å². The van der Waals surface area contributed by atoms with Gasteiger partial charge in [-0.2, -0.15) is 0 Å². The largest absolute Gasteiger partial charge is 0.375 e. The summed E-state index contributed by atoms with van der Waals surface area (Å²) in [7, 11) is 0. The third-order valence-electron chi connectivity index (χ3n) is 1.20. The first-order valence-corrected chi connectivity index (χ1v) is 4.05. The van der Waals surface area contributed by atoms with E-state index in [-0.39, 0.29) is 0 Å². The second-order valence-electron chi connectivity index (χ2n) is 2.14. The molecule has 0 saturated heterocycles. The molecule has 4 heteroatoms. The fourth-order valence-electron chi connectivity index (χ4n) is 0.665. The molecule has 1 aliphatic rings. The Morgan fingerprint density at radius 2 is 2.33 bits per heavy atom. The van der Waals surface area contributed by atoms with Crippen molar-refractivity contribution in [3.05, 3.63) is 29.5 Å². The molecule has 3 nitrogen and oxygen atoms in total. The number of rotatable bonds is 0. The van der Waals surface area contributed by atoms with Crippen molar-refractivity contribution in [3.8, 4) is 0 Å². The van der Waals surface area contributed by atoms with Crippen LogP contribution in [0.25, 0.3) is 0 Å². The summed E-state index contributed by atoms with van der Waals surface area (Å²) in [5.41, 5.74) is 0. The zero-order chi connectivity index (χ0) is 8.65. The van der Waals surface area contributed by atoms with Crippen molar-refractivity contribution in [1.82, 2.24) is 10.3 Å². The van der Waals surface area contributed by atoms with Gasteiger partial charge in [-0.15, -0.1) is 0 Å². The molecule has 1 aliphatic heterocycles. The van der Waals surface area contributed by atoms with E-state index in [1.165, 1.54) is 0 Å². The van der Waals surface area contributed by atoms with Crippen molar-refractivity contribution >= 4 is 17.9 Å². The maximum absolute atomic E-state index is 5.43. The normalized spacial score (nSPS) is 13.1. The van der Waals surface area contributed by atoms with E-state index < -0.39 is 0 Å². The molecule has 2 rings (SSSR count). The minimum absolute atomic E-state index is 0.544. The van der Waals surface area contributed by atoms with Gasteiger partial charge in [-0.1, -0.05) is 17.7 Å². The van der Waals surface area contributed by atoms with Crippen molar-refractivity contribution in [2.45, 2.75) is 0 Å². The number of pyridine rings is 1. The number of hydrogen-bond donors (Lipinski definition) is 1. The molecule has 0 aromatic carbocycles. The lowest BCUT2D eigenvalue weighted by atomic mass is 10.5. The van der Waals surface area contributed by atoms with Crippen LogP contribution in [-0.4, -0.2) is 24.4 Å². The number of aliphatic imine (C=N–C) groups is 1. The van der Waals surface area contributed by atoms with E-state index >= 15 is 0 Å². The van der Waals surface area contributed by atoms with Crippen LogP contribution in [0.5, 0.6) is 0 Å². The first-order chi connectivity index (χ1) is 5.89. The molecule has 1 aromatic heterocycles. The lowest BCUT2D eigenvalue weighted by Gasteiger charge is -1.79. The Morgan fingerprint density at radius 3 is 2.58 bits per heavy atom. The van der Waals surface area contributed by atoms with Gasteiger partial charge in [-0.3, -0.25) is 4.99 Å². The highest BCUT2D eigenvalue weighted by Crippen LogP contribution is 1.98. The van der Waals surface area contributed by atoms with E-state index in [0.29, 0.717) is 5.15 Å². The van der Waals surface area contributed by atoms with Crippen molar-refractivity contribution in [3.63, 3.8) is 0 Å². The van der Waals surface area contributed by atoms with Gasteiger partial charge in [0, 0.05) is 12.7 Å². The summed E-state index contributed by atoms with van der Waals surface area (Å²) in [6.45, 7) is 1.99. The van der Waals surface area contributed by atoms with E-state index in [1.807, 2.05) is 12.1 Å². The molecule has 2 heterocycles. The number of nitrogens with one attached hydrogen (secondary N) is 1. The predicted octanol–water partition coefficient (Wildman–Crippen LogP) is 1.35. The third-order valence-corrected chi connectivity index (χ3v) is 1.42. The fraction of sp³-hybridized carbons (Fsp3) is 0.250. The smallest absolute Gasteiger partial charge is 0.129 e. The Morgan fingerprint density at radius 1 is 1.42 bits per heavy atom. The standard InChI is InChI=1S/C5H4ClN.C3H6N2/c6-5-3-1-2-4-7-5;1-2-5-3-4-1/h1-4H;3H,1-2H2,(H,4,5). The summed E-state index contributed by atoms with van der Waals surface area (Å²) < 4.78 is 0. The minimum Gasteiger partial charge on any atom is -0.375 e. The third kappa shape index (κ3) is 3.93. The van der Waals surface area contributed by atoms with E-state index in [1.54, 1.807) is 18.6 Å². The summed E-state index contributed by atoms with van der Waals surface area (Å²) >= 11 is 5.43. The molecule has 0 atom stereocenters. The summed E-state index contributed by atoms with van der Waals surface area (Å²) in [6, 6.07) is 5.41.